The van der Waals surface area contributed by atoms with E-state index in [1.807, 2.05) is 41.3 Å². The highest BCUT2D eigenvalue weighted by Gasteiger charge is 2.50. The molecule has 0 saturated carbocycles. The number of hydroxylamine groups is 1. The van der Waals surface area contributed by atoms with Gasteiger partial charge in [0.2, 0.25) is 24.6 Å². The zero-order valence-electron chi connectivity index (χ0n) is 23.6. The van der Waals surface area contributed by atoms with E-state index in [1.54, 1.807) is 15.3 Å². The van der Waals surface area contributed by atoms with Gasteiger partial charge in [0.25, 0.3) is 5.91 Å². The van der Waals surface area contributed by atoms with E-state index in [4.69, 9.17) is 14.7 Å². The van der Waals surface area contributed by atoms with Gasteiger partial charge in [-0.1, -0.05) is 24.3 Å². The summed E-state index contributed by atoms with van der Waals surface area (Å²) in [5.74, 6) is 0.942. The molecule has 2 atom stereocenters. The fraction of sp³-hybridized carbons (Fsp3) is 0.323. The number of ether oxygens (including phenoxy) is 2. The Morgan fingerprint density at radius 2 is 1.80 bits per heavy atom. The first-order valence-electron chi connectivity index (χ1n) is 14.6. The molecule has 13 heteroatoms. The fourth-order valence-corrected chi connectivity index (χ4v) is 7.07. The number of anilines is 1. The van der Waals surface area contributed by atoms with Crippen molar-refractivity contribution >= 4 is 34.6 Å². The Labute approximate surface area is 251 Å². The van der Waals surface area contributed by atoms with Gasteiger partial charge in [0.1, 0.15) is 12.6 Å². The molecule has 6 heterocycles. The van der Waals surface area contributed by atoms with E-state index in [1.165, 1.54) is 12.4 Å². The van der Waals surface area contributed by atoms with Gasteiger partial charge in [0.15, 0.2) is 11.5 Å². The molecule has 4 aliphatic rings. The molecule has 0 bridgehead atoms. The number of aromatic nitrogens is 3. The minimum atomic E-state index is -0.680. The Morgan fingerprint density at radius 1 is 1.02 bits per heavy atom. The number of hydrogen-bond acceptors (Lipinski definition) is 9. The zero-order chi connectivity index (χ0) is 29.9. The van der Waals surface area contributed by atoms with Crippen LogP contribution >= 0.6 is 0 Å². The van der Waals surface area contributed by atoms with E-state index in [0.717, 1.165) is 27.7 Å². The van der Waals surface area contributed by atoms with E-state index < -0.39 is 18.0 Å². The second-order valence-electron chi connectivity index (χ2n) is 11.5. The summed E-state index contributed by atoms with van der Waals surface area (Å²) in [6.45, 7) is 1.35. The molecule has 2 aromatic carbocycles. The minimum absolute atomic E-state index is 0.0120. The van der Waals surface area contributed by atoms with Crippen LogP contribution in [0, 0.1) is 0 Å². The minimum Gasteiger partial charge on any atom is -0.454 e. The first-order chi connectivity index (χ1) is 21.5. The van der Waals surface area contributed by atoms with Crippen LogP contribution in [0.3, 0.4) is 0 Å². The summed E-state index contributed by atoms with van der Waals surface area (Å²) in [5.41, 5.74) is 5.53. The van der Waals surface area contributed by atoms with Gasteiger partial charge in [-0.15, -0.1) is 0 Å². The number of fused-ring (bicyclic) bond motifs is 5. The highest BCUT2D eigenvalue weighted by atomic mass is 16.7. The first kappa shape index (κ1) is 26.5. The largest absolute Gasteiger partial charge is 0.454 e. The van der Waals surface area contributed by atoms with Crippen LogP contribution in [-0.4, -0.2) is 86.2 Å². The number of nitrogens with zero attached hydrogens (tertiary/aromatic N) is 5. The highest BCUT2D eigenvalue weighted by molar-refractivity contribution is 5.98. The number of H-pyrrole nitrogens is 1. The third kappa shape index (κ3) is 4.14. The summed E-state index contributed by atoms with van der Waals surface area (Å²) in [4.78, 5) is 57.6. The van der Waals surface area contributed by atoms with Gasteiger partial charge in [0.05, 0.1) is 11.6 Å². The van der Waals surface area contributed by atoms with Crippen molar-refractivity contribution in [3.05, 3.63) is 77.2 Å². The number of para-hydroxylation sites is 1. The number of benzene rings is 2. The van der Waals surface area contributed by atoms with Crippen molar-refractivity contribution in [1.29, 1.82) is 0 Å². The standard InChI is InChI=1S/C31H29N7O6/c39-26-15-37(19-7-9-36(10-8-19)31-32-13-18(14-33-31)29(40)35-42)30(41)23-12-21-20-3-1-2-4-22(20)34-27(21)28(38(23)26)17-5-6-24-25(11-17)44-16-43-24/h1-6,11,13-14,19,23,28,34,42H,7-10,12,15-16H2,(H,35,40)/t23-,28-/m1/s1. The number of piperidine rings is 1. The van der Waals surface area contributed by atoms with Crippen molar-refractivity contribution in [2.75, 3.05) is 31.3 Å². The number of rotatable bonds is 4. The molecule has 3 N–H and O–H groups in total. The van der Waals surface area contributed by atoms with Crippen LogP contribution in [0.5, 0.6) is 11.5 Å². The molecule has 4 aliphatic heterocycles. The third-order valence-corrected chi connectivity index (χ3v) is 9.20. The predicted octanol–water partition coefficient (Wildman–Crippen LogP) is 2.16. The fourth-order valence-electron chi connectivity index (χ4n) is 7.07. The molecule has 2 aromatic heterocycles. The van der Waals surface area contributed by atoms with E-state index >= 15 is 0 Å². The predicted molar refractivity (Wildman–Crippen MR) is 155 cm³/mol. The van der Waals surface area contributed by atoms with Gasteiger partial charge in [-0.05, 0) is 42.2 Å². The third-order valence-electron chi connectivity index (χ3n) is 9.20. The van der Waals surface area contributed by atoms with Crippen LogP contribution < -0.4 is 19.9 Å². The lowest BCUT2D eigenvalue weighted by atomic mass is 9.85. The molecule has 4 aromatic rings. The van der Waals surface area contributed by atoms with Gasteiger partial charge in [0, 0.05) is 54.5 Å². The molecule has 13 nitrogen and oxygen atoms in total. The summed E-state index contributed by atoms with van der Waals surface area (Å²) >= 11 is 0. The Kier molecular flexibility index (Phi) is 6.15. The summed E-state index contributed by atoms with van der Waals surface area (Å²) in [6, 6.07) is 12.6. The molecule has 44 heavy (non-hydrogen) atoms. The van der Waals surface area contributed by atoms with E-state index in [0.29, 0.717) is 49.8 Å². The molecule has 3 amide bonds. The SMILES string of the molecule is O=C(NO)c1cnc(N2CCC(N3CC(=O)N4[C@H](c5ccc6c(c5)OCO6)c5[nH]c6ccccc6c5C[C@@H]4C3=O)CC2)nc1. The van der Waals surface area contributed by atoms with Crippen LogP contribution in [0.25, 0.3) is 10.9 Å². The molecular formula is C31H29N7O6. The van der Waals surface area contributed by atoms with Gasteiger partial charge < -0.3 is 29.2 Å². The van der Waals surface area contributed by atoms with Gasteiger partial charge in [-0.2, -0.15) is 0 Å². The maximum absolute atomic E-state index is 14.3. The summed E-state index contributed by atoms with van der Waals surface area (Å²) in [6.07, 6.45) is 4.46. The van der Waals surface area contributed by atoms with Crippen LogP contribution in [0.15, 0.2) is 54.9 Å². The number of aromatic amines is 1. The average Bonchev–Trinajstić information content (AvgIpc) is 3.69. The van der Waals surface area contributed by atoms with Crippen LogP contribution in [0.1, 0.15) is 46.1 Å². The number of carbonyl (C=O) groups is 3. The van der Waals surface area contributed by atoms with E-state index in [2.05, 4.69) is 21.0 Å². The quantitative estimate of drug-likeness (QED) is 0.238. The maximum atomic E-state index is 14.3. The molecule has 0 radical (unpaired) electrons. The van der Waals surface area contributed by atoms with E-state index in [-0.39, 0.29) is 36.8 Å². The van der Waals surface area contributed by atoms with Crippen molar-refractivity contribution in [3.8, 4) is 11.5 Å². The molecule has 224 valence electrons. The number of piperazine rings is 1. The molecular weight excluding hydrogens is 566 g/mol. The highest BCUT2D eigenvalue weighted by Crippen LogP contribution is 2.45. The lowest BCUT2D eigenvalue weighted by Crippen LogP contribution is -2.65. The molecule has 0 aliphatic carbocycles. The maximum Gasteiger partial charge on any atom is 0.277 e. The van der Waals surface area contributed by atoms with Crippen LogP contribution in [0.2, 0.25) is 0 Å². The van der Waals surface area contributed by atoms with Crippen LogP contribution in [0.4, 0.5) is 5.95 Å². The van der Waals surface area contributed by atoms with Crippen molar-refractivity contribution in [3.63, 3.8) is 0 Å². The molecule has 0 unspecified atom stereocenters. The average molecular weight is 596 g/mol. The van der Waals surface area contributed by atoms with Gasteiger partial charge in [-0.25, -0.2) is 15.4 Å². The number of amides is 3. The van der Waals surface area contributed by atoms with Crippen molar-refractivity contribution in [2.24, 2.45) is 0 Å². The monoisotopic (exact) mass is 595 g/mol. The van der Waals surface area contributed by atoms with Crippen molar-refractivity contribution < 1.29 is 29.1 Å². The summed E-state index contributed by atoms with van der Waals surface area (Å²) in [5, 5.41) is 9.88. The van der Waals surface area contributed by atoms with Gasteiger partial charge in [-0.3, -0.25) is 19.6 Å². The Hall–Kier alpha value is -5.17. The zero-order valence-corrected chi connectivity index (χ0v) is 23.6. The molecule has 8 rings (SSSR count). The number of carbonyl (C=O) groups excluding carboxylic acids is 3. The normalized spacial score (nSPS) is 21.4. The van der Waals surface area contributed by atoms with E-state index in [9.17, 15) is 14.4 Å². The Morgan fingerprint density at radius 3 is 2.59 bits per heavy atom. The lowest BCUT2D eigenvalue weighted by Gasteiger charge is -2.49. The Bertz CT molecular complexity index is 1800. The number of nitrogens with one attached hydrogen (secondary N) is 2. The molecule has 2 saturated heterocycles. The summed E-state index contributed by atoms with van der Waals surface area (Å²) in [7, 11) is 0. The number of hydrogen-bond donors (Lipinski definition) is 3. The summed E-state index contributed by atoms with van der Waals surface area (Å²) < 4.78 is 11.2. The van der Waals surface area contributed by atoms with Crippen molar-refractivity contribution in [1.82, 2.24) is 30.2 Å². The smallest absolute Gasteiger partial charge is 0.277 e. The first-order valence-corrected chi connectivity index (χ1v) is 14.6. The Balaban J connectivity index is 1.07. The second-order valence-corrected chi connectivity index (χ2v) is 11.5. The second kappa shape index (κ2) is 10.2. The lowest BCUT2D eigenvalue weighted by molar-refractivity contribution is -0.161. The molecule has 0 spiro atoms. The molecule has 2 fully saturated rings. The van der Waals surface area contributed by atoms with Crippen LogP contribution in [-0.2, 0) is 16.0 Å². The van der Waals surface area contributed by atoms with Gasteiger partial charge >= 0.3 is 0 Å². The van der Waals surface area contributed by atoms with Crippen molar-refractivity contribution in [2.45, 2.75) is 37.4 Å². The topological polar surface area (TPSA) is 153 Å².